The molecule has 0 radical (unpaired) electrons. The lowest BCUT2D eigenvalue weighted by Crippen LogP contribution is -2.24. The minimum absolute atomic E-state index is 0.221. The van der Waals surface area contributed by atoms with E-state index in [2.05, 4.69) is 10.4 Å². The molecule has 0 fully saturated rings. The summed E-state index contributed by atoms with van der Waals surface area (Å²) >= 11 is 0. The number of carbonyl (C=O) groups excluding carboxylic acids is 2. The molecule has 0 aliphatic heterocycles. The van der Waals surface area contributed by atoms with E-state index in [1.165, 1.54) is 14.2 Å². The van der Waals surface area contributed by atoms with Gasteiger partial charge in [-0.25, -0.2) is 9.48 Å². The van der Waals surface area contributed by atoms with Crippen LogP contribution in [0, 0.1) is 6.92 Å². The highest BCUT2D eigenvalue weighted by molar-refractivity contribution is 5.94. The fourth-order valence-corrected chi connectivity index (χ4v) is 4.02. The molecule has 31 heavy (non-hydrogen) atoms. The maximum Gasteiger partial charge on any atom is 0.341 e. The fraction of sp³-hybridized carbons (Fsp3) is 0.292. The number of esters is 1. The van der Waals surface area contributed by atoms with Crippen molar-refractivity contribution in [2.24, 2.45) is 0 Å². The van der Waals surface area contributed by atoms with Crippen LogP contribution in [0.4, 0.5) is 0 Å². The normalized spacial score (nSPS) is 12.4. The Kier molecular flexibility index (Phi) is 5.75. The summed E-state index contributed by atoms with van der Waals surface area (Å²) in [4.78, 5) is 25.0. The minimum atomic E-state index is -0.486. The van der Waals surface area contributed by atoms with Gasteiger partial charge in [0.1, 0.15) is 11.3 Å². The summed E-state index contributed by atoms with van der Waals surface area (Å²) in [5.74, 6) is -0.280. The molecule has 0 unspecified atom stereocenters. The SMILES string of the molecule is COC(=O)c1cc(CNC(=O)c2nn(-c3ccccc3C)c3c2CCC3)ccc1OC. The Bertz CT molecular complexity index is 1150. The zero-order chi connectivity index (χ0) is 22.0. The van der Waals surface area contributed by atoms with E-state index in [-0.39, 0.29) is 12.5 Å². The van der Waals surface area contributed by atoms with Gasteiger partial charge in [0.05, 0.1) is 19.9 Å². The Morgan fingerprint density at radius 3 is 2.68 bits per heavy atom. The number of rotatable bonds is 6. The first-order valence-corrected chi connectivity index (χ1v) is 10.2. The van der Waals surface area contributed by atoms with Gasteiger partial charge in [-0.15, -0.1) is 0 Å². The van der Waals surface area contributed by atoms with Gasteiger partial charge in [0.25, 0.3) is 5.91 Å². The molecule has 1 heterocycles. The number of para-hydroxylation sites is 1. The van der Waals surface area contributed by atoms with Crippen molar-refractivity contribution in [3.8, 4) is 11.4 Å². The van der Waals surface area contributed by atoms with Crippen LogP contribution in [0.2, 0.25) is 0 Å². The van der Waals surface area contributed by atoms with Gasteiger partial charge in [-0.3, -0.25) is 4.79 Å². The van der Waals surface area contributed by atoms with Crippen molar-refractivity contribution in [1.82, 2.24) is 15.1 Å². The minimum Gasteiger partial charge on any atom is -0.496 e. The van der Waals surface area contributed by atoms with E-state index in [1.807, 2.05) is 41.9 Å². The van der Waals surface area contributed by atoms with Gasteiger partial charge in [0.2, 0.25) is 0 Å². The number of benzene rings is 2. The molecule has 0 atom stereocenters. The number of hydrogen-bond acceptors (Lipinski definition) is 5. The Hall–Kier alpha value is -3.61. The van der Waals surface area contributed by atoms with E-state index in [0.29, 0.717) is 17.0 Å². The van der Waals surface area contributed by atoms with E-state index < -0.39 is 5.97 Å². The van der Waals surface area contributed by atoms with E-state index in [9.17, 15) is 9.59 Å². The third-order valence-electron chi connectivity index (χ3n) is 5.61. The average Bonchev–Trinajstić information content (AvgIpc) is 3.40. The van der Waals surface area contributed by atoms with Crippen LogP contribution >= 0.6 is 0 Å². The van der Waals surface area contributed by atoms with Crippen LogP contribution in [-0.2, 0) is 24.1 Å². The third kappa shape index (κ3) is 3.91. The molecule has 1 N–H and O–H groups in total. The first kappa shape index (κ1) is 20.7. The lowest BCUT2D eigenvalue weighted by atomic mass is 10.1. The summed E-state index contributed by atoms with van der Waals surface area (Å²) in [6.07, 6.45) is 2.77. The first-order valence-electron chi connectivity index (χ1n) is 10.2. The number of nitrogens with one attached hydrogen (secondary N) is 1. The maximum absolute atomic E-state index is 13.0. The molecule has 1 aliphatic carbocycles. The number of hydrogen-bond donors (Lipinski definition) is 1. The Morgan fingerprint density at radius 2 is 1.94 bits per heavy atom. The number of aromatic nitrogens is 2. The molecule has 0 saturated heterocycles. The van der Waals surface area contributed by atoms with Crippen molar-refractivity contribution in [3.63, 3.8) is 0 Å². The molecule has 7 nitrogen and oxygen atoms in total. The first-order chi connectivity index (χ1) is 15.0. The summed E-state index contributed by atoms with van der Waals surface area (Å²) in [5, 5.41) is 7.61. The van der Waals surface area contributed by atoms with Crippen LogP contribution in [0.1, 0.15) is 49.7 Å². The summed E-state index contributed by atoms with van der Waals surface area (Å²) in [5.41, 5.74) is 5.80. The highest BCUT2D eigenvalue weighted by Gasteiger charge is 2.27. The zero-order valence-electron chi connectivity index (χ0n) is 17.9. The second kappa shape index (κ2) is 8.63. The van der Waals surface area contributed by atoms with Crippen LogP contribution in [-0.4, -0.2) is 35.9 Å². The smallest absolute Gasteiger partial charge is 0.341 e. The van der Waals surface area contributed by atoms with Gasteiger partial charge in [-0.05, 0) is 55.5 Å². The molecule has 1 aliphatic rings. The highest BCUT2D eigenvalue weighted by atomic mass is 16.5. The fourth-order valence-electron chi connectivity index (χ4n) is 4.02. The number of ether oxygens (including phenoxy) is 2. The number of amides is 1. The van der Waals surface area contributed by atoms with E-state index in [4.69, 9.17) is 9.47 Å². The zero-order valence-corrected chi connectivity index (χ0v) is 17.9. The number of aryl methyl sites for hydroxylation is 1. The third-order valence-corrected chi connectivity index (χ3v) is 5.61. The molecule has 2 aromatic carbocycles. The van der Waals surface area contributed by atoms with Gasteiger partial charge in [0, 0.05) is 17.8 Å². The van der Waals surface area contributed by atoms with Gasteiger partial charge in [-0.2, -0.15) is 5.10 Å². The lowest BCUT2D eigenvalue weighted by molar-refractivity contribution is 0.0597. The van der Waals surface area contributed by atoms with Gasteiger partial charge >= 0.3 is 5.97 Å². The van der Waals surface area contributed by atoms with Crippen molar-refractivity contribution >= 4 is 11.9 Å². The molecule has 0 bridgehead atoms. The largest absolute Gasteiger partial charge is 0.496 e. The lowest BCUT2D eigenvalue weighted by Gasteiger charge is -2.10. The molecule has 1 amide bonds. The Morgan fingerprint density at radius 1 is 1.13 bits per heavy atom. The number of fused-ring (bicyclic) bond motifs is 1. The Labute approximate surface area is 181 Å². The summed E-state index contributed by atoms with van der Waals surface area (Å²) < 4.78 is 11.9. The second-order valence-electron chi connectivity index (χ2n) is 7.53. The monoisotopic (exact) mass is 419 g/mol. The number of nitrogens with zero attached hydrogens (tertiary/aromatic N) is 2. The van der Waals surface area contributed by atoms with Gasteiger partial charge in [-0.1, -0.05) is 24.3 Å². The topological polar surface area (TPSA) is 82.5 Å². The van der Waals surface area contributed by atoms with Crippen molar-refractivity contribution < 1.29 is 19.1 Å². The molecule has 160 valence electrons. The quantitative estimate of drug-likeness (QED) is 0.620. The standard InChI is InChI=1S/C24H25N3O4/c1-15-7-4-5-9-19(15)27-20-10-6-8-17(20)22(26-27)23(28)25-14-16-11-12-21(30-2)18(13-16)24(29)31-3/h4-5,7,9,11-13H,6,8,10,14H2,1-3H3,(H,25,28). The molecule has 1 aromatic heterocycles. The highest BCUT2D eigenvalue weighted by Crippen LogP contribution is 2.29. The molecular weight excluding hydrogens is 394 g/mol. The van der Waals surface area contributed by atoms with E-state index in [0.717, 1.165) is 47.3 Å². The molecule has 0 saturated carbocycles. The maximum atomic E-state index is 13.0. The predicted molar refractivity (Wildman–Crippen MR) is 116 cm³/mol. The van der Waals surface area contributed by atoms with E-state index >= 15 is 0 Å². The van der Waals surface area contributed by atoms with Crippen molar-refractivity contribution in [3.05, 3.63) is 76.1 Å². The number of methoxy groups -OCH3 is 2. The van der Waals surface area contributed by atoms with Crippen molar-refractivity contribution in [2.45, 2.75) is 32.7 Å². The van der Waals surface area contributed by atoms with Crippen molar-refractivity contribution in [1.29, 1.82) is 0 Å². The Balaban J connectivity index is 1.57. The van der Waals surface area contributed by atoms with Gasteiger partial charge < -0.3 is 14.8 Å². The van der Waals surface area contributed by atoms with Crippen molar-refractivity contribution in [2.75, 3.05) is 14.2 Å². The second-order valence-corrected chi connectivity index (χ2v) is 7.53. The molecule has 4 rings (SSSR count). The molecule has 3 aromatic rings. The van der Waals surface area contributed by atoms with E-state index in [1.54, 1.807) is 12.1 Å². The predicted octanol–water partition coefficient (Wildman–Crippen LogP) is 3.39. The molecule has 0 spiro atoms. The number of carbonyl (C=O) groups is 2. The van der Waals surface area contributed by atoms with Crippen LogP contribution < -0.4 is 10.1 Å². The van der Waals surface area contributed by atoms with Gasteiger partial charge in [0.15, 0.2) is 5.69 Å². The van der Waals surface area contributed by atoms with Crippen LogP contribution in [0.25, 0.3) is 5.69 Å². The van der Waals surface area contributed by atoms with Crippen LogP contribution in [0.3, 0.4) is 0 Å². The summed E-state index contributed by atoms with van der Waals surface area (Å²) in [6, 6.07) is 13.2. The molecular formula is C24H25N3O4. The summed E-state index contributed by atoms with van der Waals surface area (Å²) in [6.45, 7) is 2.31. The van der Waals surface area contributed by atoms with Crippen LogP contribution in [0.15, 0.2) is 42.5 Å². The summed E-state index contributed by atoms with van der Waals surface area (Å²) in [7, 11) is 2.82. The average molecular weight is 419 g/mol. The molecule has 7 heteroatoms. The van der Waals surface area contributed by atoms with Crippen LogP contribution in [0.5, 0.6) is 5.75 Å².